The Bertz CT molecular complexity index is 448. The first kappa shape index (κ1) is 11.9. The number of nitrogens with zero attached hydrogens (tertiary/aromatic N) is 2. The molecule has 1 heterocycles. The first-order chi connectivity index (χ1) is 8.04. The molecule has 0 bridgehead atoms. The van der Waals surface area contributed by atoms with Crippen molar-refractivity contribution in [3.63, 3.8) is 0 Å². The minimum atomic E-state index is -0.256. The molecule has 0 saturated carbocycles. The van der Waals surface area contributed by atoms with Gasteiger partial charge in [0.1, 0.15) is 6.07 Å². The van der Waals surface area contributed by atoms with Crippen molar-refractivity contribution in [1.82, 2.24) is 0 Å². The van der Waals surface area contributed by atoms with E-state index in [0.29, 0.717) is 5.56 Å². The summed E-state index contributed by atoms with van der Waals surface area (Å²) in [5.74, 6) is 0. The number of aliphatic hydroxyl groups excluding tert-OH is 1. The third-order valence-corrected chi connectivity index (χ3v) is 3.54. The van der Waals surface area contributed by atoms with Crippen LogP contribution >= 0.6 is 0 Å². The predicted molar refractivity (Wildman–Crippen MR) is 67.8 cm³/mol. The minimum Gasteiger partial charge on any atom is -0.392 e. The second-order valence-electron chi connectivity index (χ2n) is 5.34. The van der Waals surface area contributed by atoms with Crippen LogP contribution in [0.2, 0.25) is 0 Å². The molecular formula is C14H18N2O. The van der Waals surface area contributed by atoms with E-state index in [1.165, 1.54) is 0 Å². The van der Waals surface area contributed by atoms with Gasteiger partial charge in [-0.1, -0.05) is 26.0 Å². The van der Waals surface area contributed by atoms with E-state index in [9.17, 15) is 5.11 Å². The van der Waals surface area contributed by atoms with Crippen LogP contribution in [0.25, 0.3) is 0 Å². The third-order valence-electron chi connectivity index (χ3n) is 3.54. The van der Waals surface area contributed by atoms with Crippen molar-refractivity contribution < 1.29 is 5.11 Å². The highest BCUT2D eigenvalue weighted by Crippen LogP contribution is 2.33. The Morgan fingerprint density at radius 1 is 1.41 bits per heavy atom. The highest BCUT2D eigenvalue weighted by molar-refractivity contribution is 5.59. The molecule has 90 valence electrons. The van der Waals surface area contributed by atoms with E-state index >= 15 is 0 Å². The Hall–Kier alpha value is -1.53. The molecule has 1 atom stereocenters. The van der Waals surface area contributed by atoms with Crippen molar-refractivity contribution in [2.75, 3.05) is 18.0 Å². The van der Waals surface area contributed by atoms with Crippen LogP contribution in [0.5, 0.6) is 0 Å². The molecule has 1 fully saturated rings. The number of rotatable bonds is 1. The van der Waals surface area contributed by atoms with Gasteiger partial charge in [-0.25, -0.2) is 0 Å². The maximum Gasteiger partial charge on any atom is 0.101 e. The minimum absolute atomic E-state index is 0.124. The summed E-state index contributed by atoms with van der Waals surface area (Å²) in [4.78, 5) is 2.20. The maximum atomic E-state index is 9.94. The Kier molecular flexibility index (Phi) is 3.08. The maximum absolute atomic E-state index is 9.94. The van der Waals surface area contributed by atoms with Gasteiger partial charge in [-0.3, -0.25) is 0 Å². The molecule has 1 aliphatic heterocycles. The van der Waals surface area contributed by atoms with Crippen molar-refractivity contribution in [2.45, 2.75) is 26.4 Å². The number of para-hydroxylation sites is 1. The normalized spacial score (nSPS) is 23.2. The van der Waals surface area contributed by atoms with Gasteiger partial charge in [-0.05, 0) is 18.6 Å². The summed E-state index contributed by atoms with van der Waals surface area (Å²) in [5.41, 5.74) is 1.57. The first-order valence-electron chi connectivity index (χ1n) is 5.97. The van der Waals surface area contributed by atoms with E-state index < -0.39 is 0 Å². The largest absolute Gasteiger partial charge is 0.392 e. The molecule has 0 radical (unpaired) electrons. The van der Waals surface area contributed by atoms with E-state index in [1.807, 2.05) is 24.3 Å². The quantitative estimate of drug-likeness (QED) is 0.804. The molecule has 0 amide bonds. The summed E-state index contributed by atoms with van der Waals surface area (Å²) in [6.07, 6.45) is 0.500. The lowest BCUT2D eigenvalue weighted by atomic mass is 9.81. The highest BCUT2D eigenvalue weighted by Gasteiger charge is 2.35. The number of anilines is 1. The van der Waals surface area contributed by atoms with Crippen LogP contribution in [-0.4, -0.2) is 24.3 Å². The summed E-state index contributed by atoms with van der Waals surface area (Å²) in [6, 6.07) is 9.88. The lowest BCUT2D eigenvalue weighted by Crippen LogP contribution is -2.48. The van der Waals surface area contributed by atoms with Gasteiger partial charge < -0.3 is 10.0 Å². The van der Waals surface area contributed by atoms with Crippen molar-refractivity contribution in [1.29, 1.82) is 5.26 Å². The lowest BCUT2D eigenvalue weighted by Gasteiger charge is -2.43. The third kappa shape index (κ3) is 2.27. The molecule has 0 aliphatic carbocycles. The van der Waals surface area contributed by atoms with Gasteiger partial charge in [-0.15, -0.1) is 0 Å². The van der Waals surface area contributed by atoms with E-state index in [1.54, 1.807) is 0 Å². The molecule has 3 heteroatoms. The Morgan fingerprint density at radius 2 is 2.12 bits per heavy atom. The number of piperidine rings is 1. The molecule has 2 rings (SSSR count). The second kappa shape index (κ2) is 4.38. The Morgan fingerprint density at radius 3 is 2.76 bits per heavy atom. The zero-order valence-electron chi connectivity index (χ0n) is 10.3. The molecule has 1 aromatic rings. The van der Waals surface area contributed by atoms with Crippen LogP contribution in [0, 0.1) is 16.7 Å². The SMILES string of the molecule is CC1(C)CN(c2ccccc2C#N)CCC1O. The fraction of sp³-hybridized carbons (Fsp3) is 0.500. The van der Waals surface area contributed by atoms with Crippen LogP contribution < -0.4 is 4.90 Å². The van der Waals surface area contributed by atoms with Crippen molar-refractivity contribution in [3.05, 3.63) is 29.8 Å². The van der Waals surface area contributed by atoms with E-state index in [2.05, 4.69) is 24.8 Å². The summed E-state index contributed by atoms with van der Waals surface area (Å²) < 4.78 is 0. The monoisotopic (exact) mass is 230 g/mol. The molecule has 1 N–H and O–H groups in total. The van der Waals surface area contributed by atoms with Crippen molar-refractivity contribution in [3.8, 4) is 6.07 Å². The topological polar surface area (TPSA) is 47.3 Å². The fourth-order valence-electron chi connectivity index (χ4n) is 2.39. The zero-order chi connectivity index (χ0) is 12.5. The molecule has 0 spiro atoms. The van der Waals surface area contributed by atoms with Crippen molar-refractivity contribution in [2.24, 2.45) is 5.41 Å². The number of nitriles is 1. The summed E-state index contributed by atoms with van der Waals surface area (Å²) in [7, 11) is 0. The smallest absolute Gasteiger partial charge is 0.101 e. The van der Waals surface area contributed by atoms with Gasteiger partial charge in [-0.2, -0.15) is 5.26 Å². The van der Waals surface area contributed by atoms with Crippen molar-refractivity contribution >= 4 is 5.69 Å². The van der Waals surface area contributed by atoms with Gasteiger partial charge in [0.05, 0.1) is 17.4 Å². The molecule has 1 saturated heterocycles. The molecule has 0 aromatic heterocycles. The predicted octanol–water partition coefficient (Wildman–Crippen LogP) is 2.16. The fourth-order valence-corrected chi connectivity index (χ4v) is 2.39. The van der Waals surface area contributed by atoms with Crippen LogP contribution in [0.3, 0.4) is 0 Å². The number of hydrogen-bond acceptors (Lipinski definition) is 3. The lowest BCUT2D eigenvalue weighted by molar-refractivity contribution is 0.0336. The van der Waals surface area contributed by atoms with Crippen LogP contribution in [0.4, 0.5) is 5.69 Å². The van der Waals surface area contributed by atoms with E-state index in [4.69, 9.17) is 5.26 Å². The molecule has 3 nitrogen and oxygen atoms in total. The molecular weight excluding hydrogens is 212 g/mol. The highest BCUT2D eigenvalue weighted by atomic mass is 16.3. The molecule has 1 aliphatic rings. The van der Waals surface area contributed by atoms with Gasteiger partial charge in [0.25, 0.3) is 0 Å². The van der Waals surface area contributed by atoms with Gasteiger partial charge >= 0.3 is 0 Å². The van der Waals surface area contributed by atoms with E-state index in [-0.39, 0.29) is 11.5 Å². The summed E-state index contributed by atoms with van der Waals surface area (Å²) >= 11 is 0. The molecule has 1 aromatic carbocycles. The average molecular weight is 230 g/mol. The second-order valence-corrected chi connectivity index (χ2v) is 5.34. The van der Waals surface area contributed by atoms with Crippen LogP contribution in [0.1, 0.15) is 25.8 Å². The Labute approximate surface area is 102 Å². The van der Waals surface area contributed by atoms with Gasteiger partial charge in [0.2, 0.25) is 0 Å². The van der Waals surface area contributed by atoms with Gasteiger partial charge in [0.15, 0.2) is 0 Å². The summed E-state index contributed by atoms with van der Waals surface area (Å²) in [5, 5.41) is 19.0. The van der Waals surface area contributed by atoms with Gasteiger partial charge in [0, 0.05) is 18.5 Å². The van der Waals surface area contributed by atoms with Crippen LogP contribution in [0.15, 0.2) is 24.3 Å². The standard InChI is InChI=1S/C14H18N2O/c1-14(2)10-16(8-7-13(14)17)12-6-4-3-5-11(12)9-15/h3-6,13,17H,7-8,10H2,1-2H3. The average Bonchev–Trinajstić information content (AvgIpc) is 2.32. The molecule has 17 heavy (non-hydrogen) atoms. The molecule has 1 unspecified atom stereocenters. The zero-order valence-corrected chi connectivity index (χ0v) is 10.3. The van der Waals surface area contributed by atoms with E-state index in [0.717, 1.165) is 25.2 Å². The number of aliphatic hydroxyl groups is 1. The number of benzene rings is 1. The summed E-state index contributed by atoms with van der Waals surface area (Å²) in [6.45, 7) is 5.73. The Balaban J connectivity index is 2.27. The van der Waals surface area contributed by atoms with Crippen LogP contribution in [-0.2, 0) is 0 Å². The first-order valence-corrected chi connectivity index (χ1v) is 5.97. The number of hydrogen-bond donors (Lipinski definition) is 1.